The summed E-state index contributed by atoms with van der Waals surface area (Å²) >= 11 is 0. The molecular formula is C28H30N4O4. The number of aromatic hydroxyl groups is 1. The van der Waals surface area contributed by atoms with Crippen LogP contribution in [-0.4, -0.2) is 63.6 Å². The number of nitrogens with one attached hydrogen (secondary N) is 2. The van der Waals surface area contributed by atoms with Gasteiger partial charge in [-0.3, -0.25) is 14.6 Å². The maximum Gasteiger partial charge on any atom is 0.328 e. The van der Waals surface area contributed by atoms with Crippen molar-refractivity contribution in [3.63, 3.8) is 0 Å². The number of fused-ring (bicyclic) bond motifs is 4. The van der Waals surface area contributed by atoms with Crippen LogP contribution in [0.4, 0.5) is 4.79 Å². The molecule has 0 radical (unpaired) electrons. The fraction of sp³-hybridized carbons (Fsp3) is 0.357. The predicted octanol–water partition coefficient (Wildman–Crippen LogP) is 3.55. The predicted molar refractivity (Wildman–Crippen MR) is 137 cm³/mol. The van der Waals surface area contributed by atoms with Gasteiger partial charge in [-0.15, -0.1) is 6.42 Å². The van der Waals surface area contributed by atoms with Crippen LogP contribution in [-0.2, 0) is 11.2 Å². The van der Waals surface area contributed by atoms with Crippen molar-refractivity contribution >= 4 is 22.8 Å². The number of urea groups is 1. The topological polar surface area (TPSA) is 97.9 Å². The minimum absolute atomic E-state index is 0.102. The molecule has 8 heteroatoms. The molecule has 8 nitrogen and oxygen atoms in total. The molecule has 0 saturated carbocycles. The number of aromatic amines is 1. The van der Waals surface area contributed by atoms with Crippen LogP contribution in [0.3, 0.4) is 0 Å². The molecule has 5 rings (SSSR count). The minimum Gasteiger partial charge on any atom is -0.508 e. The van der Waals surface area contributed by atoms with Gasteiger partial charge < -0.3 is 20.1 Å². The number of imide groups is 1. The van der Waals surface area contributed by atoms with E-state index in [-0.39, 0.29) is 17.7 Å². The smallest absolute Gasteiger partial charge is 0.328 e. The third-order valence-electron chi connectivity index (χ3n) is 7.10. The molecule has 2 aromatic carbocycles. The fourth-order valence-electron chi connectivity index (χ4n) is 5.51. The zero-order chi connectivity index (χ0) is 25.4. The molecule has 2 aliphatic heterocycles. The Kier molecular flexibility index (Phi) is 6.10. The second-order valence-electron chi connectivity index (χ2n) is 9.45. The van der Waals surface area contributed by atoms with Gasteiger partial charge in [-0.2, -0.15) is 0 Å². The number of aromatic nitrogens is 1. The molecule has 2 atom stereocenters. The van der Waals surface area contributed by atoms with Crippen molar-refractivity contribution in [3.8, 4) is 23.8 Å². The maximum atomic E-state index is 13.8. The zero-order valence-corrected chi connectivity index (χ0v) is 20.5. The third kappa shape index (κ3) is 3.76. The summed E-state index contributed by atoms with van der Waals surface area (Å²) in [6, 6.07) is 11.9. The van der Waals surface area contributed by atoms with Gasteiger partial charge in [0.2, 0.25) is 0 Å². The molecule has 3 heterocycles. The monoisotopic (exact) mass is 486 g/mol. The van der Waals surface area contributed by atoms with E-state index in [2.05, 4.69) is 16.2 Å². The Morgan fingerprint density at radius 1 is 1.28 bits per heavy atom. The molecule has 2 unspecified atom stereocenters. The number of nitrogens with zero attached hydrogens (tertiary/aromatic N) is 2. The van der Waals surface area contributed by atoms with E-state index in [1.54, 1.807) is 23.1 Å². The van der Waals surface area contributed by atoms with Gasteiger partial charge >= 0.3 is 6.03 Å². The number of phenolic OH excluding ortho intramolecular Hbond substituents is 1. The number of H-pyrrole nitrogens is 1. The Labute approximate surface area is 210 Å². The van der Waals surface area contributed by atoms with E-state index in [0.717, 1.165) is 33.5 Å². The van der Waals surface area contributed by atoms with E-state index in [4.69, 9.17) is 11.2 Å². The van der Waals surface area contributed by atoms with Crippen molar-refractivity contribution in [1.82, 2.24) is 20.1 Å². The van der Waals surface area contributed by atoms with Gasteiger partial charge in [-0.25, -0.2) is 4.79 Å². The molecule has 2 aliphatic rings. The van der Waals surface area contributed by atoms with Crippen LogP contribution in [0.2, 0.25) is 0 Å². The minimum atomic E-state index is -1.07. The Morgan fingerprint density at radius 2 is 2.11 bits per heavy atom. The number of rotatable bonds is 8. The summed E-state index contributed by atoms with van der Waals surface area (Å²) in [5, 5.41) is 14.3. The Balaban J connectivity index is 1.60. The lowest BCUT2D eigenvalue weighted by Gasteiger charge is -2.42. The van der Waals surface area contributed by atoms with Gasteiger partial charge in [0.05, 0.1) is 13.2 Å². The standard InChI is InChI=1S/C28H30N4O4/c1-4-12-29-13-7-14-31-26(34)28(3)17-22-21-16-20(36-5-2)10-11-23(21)30-24(22)25(32(28)27(31)35)18-8-6-9-19(33)15-18/h1,6,8-11,15-16,25,29-30,33H,5,7,12-14,17H2,2-3H3. The number of hydrogen-bond donors (Lipinski definition) is 3. The molecule has 3 N–H and O–H groups in total. The normalized spacial score (nSPS) is 21.0. The summed E-state index contributed by atoms with van der Waals surface area (Å²) in [5.74, 6) is 3.17. The Hall–Kier alpha value is -3.96. The molecule has 186 valence electrons. The average Bonchev–Trinajstić information content (AvgIpc) is 3.30. The molecule has 0 aliphatic carbocycles. The van der Waals surface area contributed by atoms with Crippen LogP contribution < -0.4 is 10.1 Å². The maximum absolute atomic E-state index is 13.8. The fourth-order valence-corrected chi connectivity index (χ4v) is 5.51. The summed E-state index contributed by atoms with van der Waals surface area (Å²) < 4.78 is 5.74. The number of terminal acetylenes is 1. The number of carbonyl (C=O) groups excluding carboxylic acids is 2. The van der Waals surface area contributed by atoms with Gasteiger partial charge in [-0.05, 0) is 68.3 Å². The summed E-state index contributed by atoms with van der Waals surface area (Å²) in [6.07, 6.45) is 6.27. The first kappa shape index (κ1) is 23.8. The van der Waals surface area contributed by atoms with E-state index in [1.165, 1.54) is 4.90 Å². The summed E-state index contributed by atoms with van der Waals surface area (Å²) in [7, 11) is 0. The first-order valence-electron chi connectivity index (χ1n) is 12.2. The van der Waals surface area contributed by atoms with Crippen LogP contribution in [0.5, 0.6) is 11.5 Å². The van der Waals surface area contributed by atoms with Crippen molar-refractivity contribution in [2.75, 3.05) is 26.2 Å². The van der Waals surface area contributed by atoms with Crippen LogP contribution in [0.15, 0.2) is 42.5 Å². The number of ether oxygens (including phenoxy) is 1. The molecule has 1 aromatic heterocycles. The number of phenols is 1. The summed E-state index contributed by atoms with van der Waals surface area (Å²) in [6.45, 7) is 5.68. The van der Waals surface area contributed by atoms with Crippen LogP contribution >= 0.6 is 0 Å². The lowest BCUT2D eigenvalue weighted by atomic mass is 9.81. The molecular weight excluding hydrogens is 456 g/mol. The molecule has 0 bridgehead atoms. The summed E-state index contributed by atoms with van der Waals surface area (Å²) in [4.78, 5) is 34.1. The molecule has 3 aromatic rings. The first-order chi connectivity index (χ1) is 17.4. The summed E-state index contributed by atoms with van der Waals surface area (Å²) in [5.41, 5.74) is 2.41. The number of carbonyl (C=O) groups is 2. The Bertz CT molecular complexity index is 1370. The van der Waals surface area contributed by atoms with Crippen LogP contribution in [0, 0.1) is 12.3 Å². The van der Waals surface area contributed by atoms with E-state index >= 15 is 0 Å². The lowest BCUT2D eigenvalue weighted by Crippen LogP contribution is -2.53. The number of amides is 3. The molecule has 36 heavy (non-hydrogen) atoms. The first-order valence-corrected chi connectivity index (χ1v) is 12.2. The van der Waals surface area contributed by atoms with Crippen LogP contribution in [0.1, 0.15) is 43.1 Å². The van der Waals surface area contributed by atoms with Crippen molar-refractivity contribution < 1.29 is 19.4 Å². The highest BCUT2D eigenvalue weighted by Crippen LogP contribution is 2.49. The third-order valence-corrected chi connectivity index (χ3v) is 7.10. The van der Waals surface area contributed by atoms with Crippen molar-refractivity contribution in [2.45, 2.75) is 38.3 Å². The number of benzene rings is 2. The van der Waals surface area contributed by atoms with E-state index in [1.807, 2.05) is 38.1 Å². The SMILES string of the molecule is C#CCNCCCN1C(=O)N2C(c3cccc(O)c3)c3[nH]c4ccc(OCC)cc4c3CC2(C)C1=O. The second kappa shape index (κ2) is 9.25. The largest absolute Gasteiger partial charge is 0.508 e. The van der Waals surface area contributed by atoms with Crippen molar-refractivity contribution in [3.05, 3.63) is 59.3 Å². The average molecular weight is 487 g/mol. The highest BCUT2D eigenvalue weighted by Gasteiger charge is 2.60. The van der Waals surface area contributed by atoms with E-state index in [0.29, 0.717) is 39.1 Å². The van der Waals surface area contributed by atoms with Gasteiger partial charge in [0.15, 0.2) is 0 Å². The highest BCUT2D eigenvalue weighted by molar-refractivity contribution is 6.08. The highest BCUT2D eigenvalue weighted by atomic mass is 16.5. The zero-order valence-electron chi connectivity index (χ0n) is 20.5. The lowest BCUT2D eigenvalue weighted by molar-refractivity contribution is -0.133. The quantitative estimate of drug-likeness (QED) is 0.257. The second-order valence-corrected chi connectivity index (χ2v) is 9.45. The van der Waals surface area contributed by atoms with Crippen molar-refractivity contribution in [2.24, 2.45) is 0 Å². The van der Waals surface area contributed by atoms with Gasteiger partial charge in [0, 0.05) is 29.6 Å². The van der Waals surface area contributed by atoms with Gasteiger partial charge in [-0.1, -0.05) is 18.1 Å². The van der Waals surface area contributed by atoms with E-state index in [9.17, 15) is 14.7 Å². The Morgan fingerprint density at radius 3 is 2.86 bits per heavy atom. The van der Waals surface area contributed by atoms with Crippen LogP contribution in [0.25, 0.3) is 10.9 Å². The van der Waals surface area contributed by atoms with E-state index < -0.39 is 11.6 Å². The van der Waals surface area contributed by atoms with Gasteiger partial charge in [0.1, 0.15) is 23.1 Å². The van der Waals surface area contributed by atoms with Crippen molar-refractivity contribution in [1.29, 1.82) is 0 Å². The van der Waals surface area contributed by atoms with Gasteiger partial charge in [0.25, 0.3) is 5.91 Å². The molecule has 0 spiro atoms. The molecule has 3 amide bonds. The molecule has 1 fully saturated rings. The number of hydrogen-bond acceptors (Lipinski definition) is 5. The molecule has 1 saturated heterocycles.